The summed E-state index contributed by atoms with van der Waals surface area (Å²) in [6.07, 6.45) is -0.126. The lowest BCUT2D eigenvalue weighted by molar-refractivity contribution is -0.147. The molecule has 0 unspecified atom stereocenters. The summed E-state index contributed by atoms with van der Waals surface area (Å²) in [5.74, 6) is 0.356. The van der Waals surface area contributed by atoms with Crippen molar-refractivity contribution in [2.24, 2.45) is 0 Å². The summed E-state index contributed by atoms with van der Waals surface area (Å²) in [4.78, 5) is 23.9. The monoisotopic (exact) mass is 322 g/mol. The lowest BCUT2D eigenvalue weighted by Gasteiger charge is -2.21. The zero-order chi connectivity index (χ0) is 17.4. The van der Waals surface area contributed by atoms with Crippen LogP contribution in [0.15, 0.2) is 24.3 Å². The highest BCUT2D eigenvalue weighted by molar-refractivity contribution is 5.76. The van der Waals surface area contributed by atoms with Gasteiger partial charge in [0.2, 0.25) is 0 Å². The largest absolute Gasteiger partial charge is 0.497 e. The predicted octanol–water partition coefficient (Wildman–Crippen LogP) is 2.79. The topological polar surface area (TPSA) is 76.7 Å². The molecule has 2 amide bonds. The fraction of sp³-hybridized carbons (Fsp3) is 0.529. The van der Waals surface area contributed by atoms with Crippen molar-refractivity contribution < 1.29 is 19.1 Å². The van der Waals surface area contributed by atoms with E-state index in [1.165, 1.54) is 0 Å². The minimum atomic E-state index is -0.467. The van der Waals surface area contributed by atoms with E-state index in [9.17, 15) is 9.59 Å². The molecule has 0 saturated heterocycles. The first-order valence-electron chi connectivity index (χ1n) is 7.72. The number of ether oxygens (including phenoxy) is 2. The molecule has 0 spiro atoms. The van der Waals surface area contributed by atoms with Crippen LogP contribution in [0, 0.1) is 0 Å². The van der Waals surface area contributed by atoms with Crippen LogP contribution in [0.3, 0.4) is 0 Å². The summed E-state index contributed by atoms with van der Waals surface area (Å²) < 4.78 is 10.3. The maximum Gasteiger partial charge on any atom is 0.315 e. The van der Waals surface area contributed by atoms with Gasteiger partial charge in [0.15, 0.2) is 0 Å². The molecule has 128 valence electrons. The zero-order valence-electron chi connectivity index (χ0n) is 14.4. The van der Waals surface area contributed by atoms with Crippen molar-refractivity contribution in [3.63, 3.8) is 0 Å². The minimum Gasteiger partial charge on any atom is -0.497 e. The van der Waals surface area contributed by atoms with Gasteiger partial charge in [-0.2, -0.15) is 0 Å². The number of carbonyl (C=O) groups is 2. The minimum absolute atomic E-state index is 0.00846. The number of hydrogen-bond donors (Lipinski definition) is 2. The number of esters is 1. The molecule has 2 N–H and O–H groups in total. The normalized spacial score (nSPS) is 12.0. The van der Waals surface area contributed by atoms with Crippen LogP contribution in [0.5, 0.6) is 5.75 Å². The fourth-order valence-electron chi connectivity index (χ4n) is 2.03. The third-order valence-electron chi connectivity index (χ3n) is 2.98. The van der Waals surface area contributed by atoms with Crippen molar-refractivity contribution in [2.75, 3.05) is 7.11 Å². The van der Waals surface area contributed by atoms with E-state index in [0.29, 0.717) is 5.75 Å². The lowest BCUT2D eigenvalue weighted by Crippen LogP contribution is -2.42. The molecule has 0 aliphatic rings. The van der Waals surface area contributed by atoms with E-state index < -0.39 is 6.04 Å². The Morgan fingerprint density at radius 1 is 1.04 bits per heavy atom. The van der Waals surface area contributed by atoms with Crippen LogP contribution < -0.4 is 15.4 Å². The maximum absolute atomic E-state index is 12.0. The number of nitrogens with one attached hydrogen (secondary N) is 2. The van der Waals surface area contributed by atoms with Crippen molar-refractivity contribution in [1.82, 2.24) is 10.6 Å². The van der Waals surface area contributed by atoms with Gasteiger partial charge >= 0.3 is 12.0 Å². The van der Waals surface area contributed by atoms with Crippen molar-refractivity contribution in [2.45, 2.75) is 52.3 Å². The van der Waals surface area contributed by atoms with Gasteiger partial charge < -0.3 is 20.1 Å². The molecular formula is C17H26N2O4. The predicted molar refractivity (Wildman–Crippen MR) is 88.4 cm³/mol. The molecule has 0 bridgehead atoms. The number of urea groups is 1. The Bertz CT molecular complexity index is 488. The number of methoxy groups -OCH3 is 1. The van der Waals surface area contributed by atoms with Gasteiger partial charge in [-0.25, -0.2) is 4.79 Å². The van der Waals surface area contributed by atoms with Gasteiger partial charge in [-0.05, 0) is 45.4 Å². The van der Waals surface area contributed by atoms with Crippen LogP contribution in [0.25, 0.3) is 0 Å². The number of amides is 2. The number of carbonyl (C=O) groups excluding carboxylic acids is 2. The number of benzene rings is 1. The summed E-state index contributed by atoms with van der Waals surface area (Å²) in [6, 6.07) is 6.44. The second-order valence-electron chi connectivity index (χ2n) is 5.84. The molecule has 1 aromatic carbocycles. The number of rotatable bonds is 7. The van der Waals surface area contributed by atoms with Gasteiger partial charge in [-0.3, -0.25) is 4.79 Å². The maximum atomic E-state index is 12.0. The van der Waals surface area contributed by atoms with Crippen LogP contribution in [0.2, 0.25) is 0 Å². The smallest absolute Gasteiger partial charge is 0.315 e. The highest BCUT2D eigenvalue weighted by Crippen LogP contribution is 2.21. The van der Waals surface area contributed by atoms with Crippen LogP contribution >= 0.6 is 0 Å². The molecule has 1 aromatic rings. The quantitative estimate of drug-likeness (QED) is 0.757. The van der Waals surface area contributed by atoms with Gasteiger partial charge in [0.1, 0.15) is 5.75 Å². The molecule has 0 radical (unpaired) electrons. The lowest BCUT2D eigenvalue weighted by atomic mass is 10.0. The first kappa shape index (κ1) is 18.8. The van der Waals surface area contributed by atoms with Crippen molar-refractivity contribution in [1.29, 1.82) is 0 Å². The Morgan fingerprint density at radius 2 is 1.65 bits per heavy atom. The first-order chi connectivity index (χ1) is 10.8. The molecule has 0 aliphatic carbocycles. The van der Waals surface area contributed by atoms with E-state index in [4.69, 9.17) is 9.47 Å². The molecule has 0 heterocycles. The number of hydrogen-bond acceptors (Lipinski definition) is 4. The molecule has 6 nitrogen and oxygen atoms in total. The Balaban J connectivity index is 2.85. The molecular weight excluding hydrogens is 296 g/mol. The average Bonchev–Trinajstić information content (AvgIpc) is 2.45. The zero-order valence-corrected chi connectivity index (χ0v) is 14.4. The van der Waals surface area contributed by atoms with Gasteiger partial charge in [0.25, 0.3) is 0 Å². The Labute approximate surface area is 137 Å². The van der Waals surface area contributed by atoms with Crippen LogP contribution in [-0.4, -0.2) is 31.3 Å². The van der Waals surface area contributed by atoms with E-state index >= 15 is 0 Å². The Hall–Kier alpha value is -2.24. The SMILES string of the molecule is COc1ccc([C@H](CC(=O)OC(C)C)NC(=O)NC(C)C)cc1. The van der Waals surface area contributed by atoms with Crippen molar-refractivity contribution in [3.05, 3.63) is 29.8 Å². The van der Waals surface area contributed by atoms with Gasteiger partial charge in [-0.1, -0.05) is 12.1 Å². The summed E-state index contributed by atoms with van der Waals surface area (Å²) in [5.41, 5.74) is 0.811. The molecule has 1 rings (SSSR count). The van der Waals surface area contributed by atoms with Gasteiger partial charge in [0.05, 0.1) is 25.7 Å². The summed E-state index contributed by atoms with van der Waals surface area (Å²) in [7, 11) is 1.58. The summed E-state index contributed by atoms with van der Waals surface area (Å²) >= 11 is 0. The van der Waals surface area contributed by atoms with E-state index in [1.807, 2.05) is 26.0 Å². The van der Waals surface area contributed by atoms with E-state index in [-0.39, 0.29) is 30.6 Å². The van der Waals surface area contributed by atoms with E-state index in [0.717, 1.165) is 5.56 Å². The second kappa shape index (κ2) is 9.02. The molecule has 0 saturated carbocycles. The first-order valence-corrected chi connectivity index (χ1v) is 7.72. The van der Waals surface area contributed by atoms with Crippen molar-refractivity contribution >= 4 is 12.0 Å². The Kier molecular flexibility index (Phi) is 7.38. The highest BCUT2D eigenvalue weighted by Gasteiger charge is 2.20. The standard InChI is InChI=1S/C17H26N2O4/c1-11(2)18-17(21)19-15(10-16(20)23-12(3)4)13-6-8-14(22-5)9-7-13/h6-9,11-12,15H,10H2,1-5H3,(H2,18,19,21)/t15-/m0/s1. The second-order valence-corrected chi connectivity index (χ2v) is 5.84. The third kappa shape index (κ3) is 7.04. The molecule has 0 aliphatic heterocycles. The Morgan fingerprint density at radius 3 is 2.13 bits per heavy atom. The summed E-state index contributed by atoms with van der Waals surface area (Å²) in [5, 5.41) is 5.57. The van der Waals surface area contributed by atoms with E-state index in [2.05, 4.69) is 10.6 Å². The fourth-order valence-corrected chi connectivity index (χ4v) is 2.03. The molecule has 0 fully saturated rings. The highest BCUT2D eigenvalue weighted by atomic mass is 16.5. The van der Waals surface area contributed by atoms with Gasteiger partial charge in [0, 0.05) is 6.04 Å². The third-order valence-corrected chi connectivity index (χ3v) is 2.98. The average molecular weight is 322 g/mol. The molecule has 6 heteroatoms. The van der Waals surface area contributed by atoms with Crippen LogP contribution in [-0.2, 0) is 9.53 Å². The molecule has 0 aromatic heterocycles. The van der Waals surface area contributed by atoms with E-state index in [1.54, 1.807) is 33.1 Å². The van der Waals surface area contributed by atoms with Gasteiger partial charge in [-0.15, -0.1) is 0 Å². The molecule has 1 atom stereocenters. The van der Waals surface area contributed by atoms with Crippen molar-refractivity contribution in [3.8, 4) is 5.75 Å². The van der Waals surface area contributed by atoms with Crippen LogP contribution in [0.1, 0.15) is 45.7 Å². The summed E-state index contributed by atoms with van der Waals surface area (Å²) in [6.45, 7) is 7.32. The molecule has 23 heavy (non-hydrogen) atoms. The van der Waals surface area contributed by atoms with Crippen LogP contribution in [0.4, 0.5) is 4.79 Å².